The van der Waals surface area contributed by atoms with Gasteiger partial charge in [0.1, 0.15) is 13.2 Å². The maximum Gasteiger partial charge on any atom is 0.404 e. The van der Waals surface area contributed by atoms with Crippen LogP contribution in [0.2, 0.25) is 0 Å². The summed E-state index contributed by atoms with van der Waals surface area (Å²) in [5.74, 6) is 1.21. The number of aromatic nitrogens is 1. The molecule has 2 heterocycles. The van der Waals surface area contributed by atoms with Crippen molar-refractivity contribution in [3.8, 4) is 11.5 Å². The summed E-state index contributed by atoms with van der Waals surface area (Å²) in [5, 5.41) is 10.6. The average Bonchev–Trinajstić information content (AvgIpc) is 2.26. The third-order valence-corrected chi connectivity index (χ3v) is 1.91. The molecule has 6 heteroatoms. The molecule has 1 aromatic rings. The van der Waals surface area contributed by atoms with Crippen LogP contribution < -0.4 is 14.8 Å². The zero-order valence-electron chi connectivity index (χ0n) is 7.90. The van der Waals surface area contributed by atoms with Crippen molar-refractivity contribution in [2.24, 2.45) is 0 Å². The number of pyridine rings is 1. The van der Waals surface area contributed by atoms with Crippen molar-refractivity contribution in [1.29, 1.82) is 0 Å². The van der Waals surface area contributed by atoms with Crippen molar-refractivity contribution in [2.75, 3.05) is 13.2 Å². The zero-order chi connectivity index (χ0) is 10.7. The van der Waals surface area contributed by atoms with Crippen LogP contribution >= 0.6 is 0 Å². The molecule has 0 saturated carbocycles. The highest BCUT2D eigenvalue weighted by Crippen LogP contribution is 2.29. The molecule has 0 atom stereocenters. The van der Waals surface area contributed by atoms with Crippen molar-refractivity contribution in [1.82, 2.24) is 10.3 Å². The lowest BCUT2D eigenvalue weighted by Crippen LogP contribution is -2.21. The van der Waals surface area contributed by atoms with E-state index >= 15 is 0 Å². The van der Waals surface area contributed by atoms with E-state index in [4.69, 9.17) is 14.6 Å². The van der Waals surface area contributed by atoms with Gasteiger partial charge in [-0.25, -0.2) is 4.79 Å². The molecule has 0 aliphatic carbocycles. The number of carbonyl (C=O) groups is 1. The van der Waals surface area contributed by atoms with E-state index in [1.807, 2.05) is 0 Å². The molecule has 1 aromatic heterocycles. The molecule has 2 rings (SSSR count). The molecule has 2 N–H and O–H groups in total. The topological polar surface area (TPSA) is 80.7 Å². The van der Waals surface area contributed by atoms with Crippen molar-refractivity contribution < 1.29 is 19.4 Å². The molecule has 0 unspecified atom stereocenters. The second-order valence-corrected chi connectivity index (χ2v) is 2.98. The van der Waals surface area contributed by atoms with Crippen LogP contribution in [0.1, 0.15) is 5.69 Å². The third kappa shape index (κ3) is 2.28. The number of ether oxygens (including phenoxy) is 2. The Hall–Kier alpha value is -1.98. The second-order valence-electron chi connectivity index (χ2n) is 2.98. The first-order valence-electron chi connectivity index (χ1n) is 4.47. The van der Waals surface area contributed by atoms with Gasteiger partial charge in [-0.15, -0.1) is 0 Å². The summed E-state index contributed by atoms with van der Waals surface area (Å²) in [6, 6.07) is 1.67. The van der Waals surface area contributed by atoms with E-state index < -0.39 is 6.09 Å². The van der Waals surface area contributed by atoms with Crippen LogP contribution in [0.3, 0.4) is 0 Å². The number of hydrogen-bond acceptors (Lipinski definition) is 4. The molecule has 0 spiro atoms. The highest BCUT2D eigenvalue weighted by Gasteiger charge is 2.12. The van der Waals surface area contributed by atoms with E-state index in [2.05, 4.69) is 10.3 Å². The molecule has 0 bridgehead atoms. The van der Waals surface area contributed by atoms with Crippen molar-refractivity contribution >= 4 is 6.09 Å². The minimum absolute atomic E-state index is 0.159. The third-order valence-electron chi connectivity index (χ3n) is 1.91. The summed E-state index contributed by atoms with van der Waals surface area (Å²) in [6.45, 7) is 1.18. The number of rotatable bonds is 2. The van der Waals surface area contributed by atoms with Crippen LogP contribution in [0.15, 0.2) is 12.3 Å². The molecule has 0 radical (unpaired) electrons. The molecular weight excluding hydrogens is 200 g/mol. The number of nitrogens with one attached hydrogen (secondary N) is 1. The highest BCUT2D eigenvalue weighted by atomic mass is 16.6. The van der Waals surface area contributed by atoms with Gasteiger partial charge in [0, 0.05) is 6.07 Å². The molecule has 15 heavy (non-hydrogen) atoms. The van der Waals surface area contributed by atoms with Crippen molar-refractivity contribution in [3.05, 3.63) is 18.0 Å². The lowest BCUT2D eigenvalue weighted by Gasteiger charge is -2.18. The first-order chi connectivity index (χ1) is 7.25. The van der Waals surface area contributed by atoms with Crippen molar-refractivity contribution in [3.63, 3.8) is 0 Å². The number of fused-ring (bicyclic) bond motifs is 1. The first kappa shape index (κ1) is 9.57. The number of carboxylic acid groups (broad SMARTS) is 1. The van der Waals surface area contributed by atoms with Crippen LogP contribution in [-0.4, -0.2) is 29.4 Å². The van der Waals surface area contributed by atoms with Crippen LogP contribution in [0.25, 0.3) is 0 Å². The second kappa shape index (κ2) is 4.04. The maximum absolute atomic E-state index is 10.3. The summed E-state index contributed by atoms with van der Waals surface area (Å²) in [4.78, 5) is 14.3. The van der Waals surface area contributed by atoms with Gasteiger partial charge in [0.05, 0.1) is 18.4 Å². The molecule has 0 fully saturated rings. The van der Waals surface area contributed by atoms with E-state index in [1.54, 1.807) is 6.07 Å². The molecule has 0 aromatic carbocycles. The molecule has 1 aliphatic rings. The van der Waals surface area contributed by atoms with Crippen LogP contribution in [0.5, 0.6) is 11.5 Å². The van der Waals surface area contributed by atoms with Gasteiger partial charge in [-0.3, -0.25) is 4.98 Å². The molecular formula is C9H10N2O4. The van der Waals surface area contributed by atoms with E-state index in [9.17, 15) is 4.79 Å². The van der Waals surface area contributed by atoms with E-state index in [0.717, 1.165) is 0 Å². The first-order valence-corrected chi connectivity index (χ1v) is 4.47. The van der Waals surface area contributed by atoms with Gasteiger partial charge in [-0.1, -0.05) is 0 Å². The summed E-state index contributed by atoms with van der Waals surface area (Å²) in [7, 11) is 0. The summed E-state index contributed by atoms with van der Waals surface area (Å²) in [6.07, 6.45) is 0.458. The van der Waals surface area contributed by atoms with Gasteiger partial charge in [0.15, 0.2) is 11.5 Å². The largest absolute Gasteiger partial charge is 0.486 e. The fourth-order valence-corrected chi connectivity index (χ4v) is 1.25. The molecule has 1 amide bonds. The fraction of sp³-hybridized carbons (Fsp3) is 0.333. The Labute approximate surface area is 85.8 Å². The average molecular weight is 210 g/mol. The van der Waals surface area contributed by atoms with Gasteiger partial charge in [-0.2, -0.15) is 0 Å². The number of amides is 1. The molecule has 0 saturated heterocycles. The van der Waals surface area contributed by atoms with Gasteiger partial charge >= 0.3 is 6.09 Å². The summed E-state index contributed by atoms with van der Waals surface area (Å²) in [5.41, 5.74) is 0.599. The van der Waals surface area contributed by atoms with E-state index in [0.29, 0.717) is 30.4 Å². The number of hydrogen-bond donors (Lipinski definition) is 2. The highest BCUT2D eigenvalue weighted by molar-refractivity contribution is 5.64. The van der Waals surface area contributed by atoms with Gasteiger partial charge in [0.2, 0.25) is 0 Å². The Balaban J connectivity index is 2.10. The molecule has 80 valence electrons. The Morgan fingerprint density at radius 3 is 2.93 bits per heavy atom. The normalized spacial score (nSPS) is 13.3. The minimum atomic E-state index is -1.08. The van der Waals surface area contributed by atoms with Crippen LogP contribution in [-0.2, 0) is 6.54 Å². The van der Waals surface area contributed by atoms with E-state index in [1.165, 1.54) is 6.20 Å². The summed E-state index contributed by atoms with van der Waals surface area (Å²) < 4.78 is 10.6. The van der Waals surface area contributed by atoms with Crippen molar-refractivity contribution in [2.45, 2.75) is 6.54 Å². The zero-order valence-corrected chi connectivity index (χ0v) is 7.90. The molecule has 1 aliphatic heterocycles. The summed E-state index contributed by atoms with van der Waals surface area (Å²) >= 11 is 0. The monoisotopic (exact) mass is 210 g/mol. The lowest BCUT2D eigenvalue weighted by molar-refractivity contribution is 0.170. The molecule has 6 nitrogen and oxygen atoms in total. The van der Waals surface area contributed by atoms with Crippen LogP contribution in [0.4, 0.5) is 4.79 Å². The lowest BCUT2D eigenvalue weighted by atomic mass is 10.3. The minimum Gasteiger partial charge on any atom is -0.486 e. The van der Waals surface area contributed by atoms with Gasteiger partial charge in [-0.05, 0) is 0 Å². The van der Waals surface area contributed by atoms with E-state index in [-0.39, 0.29) is 6.54 Å². The fourth-order valence-electron chi connectivity index (χ4n) is 1.25. The Morgan fingerprint density at radius 2 is 2.20 bits per heavy atom. The SMILES string of the molecule is O=C(O)NCc1cc2c(cn1)OCCO2. The standard InChI is InChI=1S/C9H10N2O4/c12-9(13)11-4-6-3-7-8(5-10-6)15-2-1-14-7/h3,5,11H,1-2,4H2,(H,12,13). The van der Waals surface area contributed by atoms with Gasteiger partial charge < -0.3 is 19.9 Å². The Morgan fingerprint density at radius 1 is 1.47 bits per heavy atom. The number of nitrogens with zero attached hydrogens (tertiary/aromatic N) is 1. The predicted octanol–water partition coefficient (Wildman–Crippen LogP) is 0.620. The Kier molecular flexibility index (Phi) is 2.57. The smallest absolute Gasteiger partial charge is 0.404 e. The quantitative estimate of drug-likeness (QED) is 0.747. The maximum atomic E-state index is 10.3. The predicted molar refractivity (Wildman–Crippen MR) is 50.1 cm³/mol. The van der Waals surface area contributed by atoms with Gasteiger partial charge in [0.25, 0.3) is 0 Å². The van der Waals surface area contributed by atoms with Crippen LogP contribution in [0, 0.1) is 0 Å². The Bertz CT molecular complexity index is 380.